The first-order chi connectivity index (χ1) is 15.6. The number of fused-ring (bicyclic) bond motifs is 1. The Kier molecular flexibility index (Phi) is 7.03. The van der Waals surface area contributed by atoms with Gasteiger partial charge in [-0.1, -0.05) is 30.3 Å². The second-order valence-corrected chi connectivity index (χ2v) is 8.65. The van der Waals surface area contributed by atoms with Gasteiger partial charge in [-0.3, -0.25) is 4.99 Å². The first-order valence-electron chi connectivity index (χ1n) is 10.7. The molecule has 166 valence electrons. The molecule has 0 saturated heterocycles. The number of anilines is 3. The molecular formula is C24H28N6OS. The maximum Gasteiger partial charge on any atom is 0.323 e. The van der Waals surface area contributed by atoms with Crippen molar-refractivity contribution in [2.45, 2.75) is 19.4 Å². The maximum atomic E-state index is 12.1. The molecule has 8 heteroatoms. The van der Waals surface area contributed by atoms with Gasteiger partial charge in [-0.25, -0.2) is 4.79 Å². The maximum absolute atomic E-state index is 12.1. The van der Waals surface area contributed by atoms with Crippen molar-refractivity contribution in [2.75, 3.05) is 36.1 Å². The van der Waals surface area contributed by atoms with E-state index in [0.29, 0.717) is 12.4 Å². The van der Waals surface area contributed by atoms with Crippen molar-refractivity contribution in [1.82, 2.24) is 5.32 Å². The SMILES string of the molecule is CNc1sc2c(c1C(N)=NCCc1ccc(NC(=O)Nc3ccccc3)cc1)CCNC2. The van der Waals surface area contributed by atoms with Gasteiger partial charge in [-0.15, -0.1) is 11.3 Å². The number of hydrogen-bond acceptors (Lipinski definition) is 5. The number of urea groups is 1. The summed E-state index contributed by atoms with van der Waals surface area (Å²) in [6.07, 6.45) is 1.76. The van der Waals surface area contributed by atoms with E-state index < -0.39 is 0 Å². The van der Waals surface area contributed by atoms with Crippen LogP contribution in [0.15, 0.2) is 59.6 Å². The van der Waals surface area contributed by atoms with Crippen molar-refractivity contribution in [3.05, 3.63) is 76.2 Å². The fourth-order valence-electron chi connectivity index (χ4n) is 3.74. The summed E-state index contributed by atoms with van der Waals surface area (Å²) in [5, 5.41) is 13.4. The molecule has 1 aromatic heterocycles. The Balaban J connectivity index is 1.33. The zero-order valence-corrected chi connectivity index (χ0v) is 18.9. The highest BCUT2D eigenvalue weighted by Crippen LogP contribution is 2.34. The Morgan fingerprint density at radius 3 is 2.53 bits per heavy atom. The monoisotopic (exact) mass is 448 g/mol. The van der Waals surface area contributed by atoms with Gasteiger partial charge in [0.05, 0.1) is 10.6 Å². The van der Waals surface area contributed by atoms with Crippen molar-refractivity contribution in [2.24, 2.45) is 10.7 Å². The predicted octanol–water partition coefficient (Wildman–Crippen LogP) is 4.03. The van der Waals surface area contributed by atoms with Crippen LogP contribution in [0.4, 0.5) is 21.2 Å². The third kappa shape index (κ3) is 5.27. The van der Waals surface area contributed by atoms with Crippen molar-refractivity contribution in [3.63, 3.8) is 0 Å². The highest BCUT2D eigenvalue weighted by molar-refractivity contribution is 7.16. The van der Waals surface area contributed by atoms with Gasteiger partial charge < -0.3 is 27.0 Å². The number of nitrogens with two attached hydrogens (primary N) is 1. The average Bonchev–Trinajstić information content (AvgIpc) is 3.19. The van der Waals surface area contributed by atoms with E-state index >= 15 is 0 Å². The minimum atomic E-state index is -0.268. The van der Waals surface area contributed by atoms with Crippen LogP contribution in [0, 0.1) is 0 Å². The molecule has 6 N–H and O–H groups in total. The molecule has 0 spiro atoms. The third-order valence-electron chi connectivity index (χ3n) is 5.34. The van der Waals surface area contributed by atoms with Crippen LogP contribution in [0.3, 0.4) is 0 Å². The molecule has 32 heavy (non-hydrogen) atoms. The number of rotatable bonds is 7. The summed E-state index contributed by atoms with van der Waals surface area (Å²) in [7, 11) is 1.93. The van der Waals surface area contributed by atoms with E-state index in [4.69, 9.17) is 5.73 Å². The van der Waals surface area contributed by atoms with Gasteiger partial charge in [-0.05, 0) is 54.8 Å². The van der Waals surface area contributed by atoms with Crippen LogP contribution < -0.4 is 27.0 Å². The molecule has 1 aliphatic rings. The van der Waals surface area contributed by atoms with Crippen molar-refractivity contribution in [3.8, 4) is 0 Å². The fraction of sp³-hybridized carbons (Fsp3) is 0.250. The molecule has 4 rings (SSSR count). The Morgan fingerprint density at radius 1 is 1.09 bits per heavy atom. The highest BCUT2D eigenvalue weighted by Gasteiger charge is 2.22. The predicted molar refractivity (Wildman–Crippen MR) is 134 cm³/mol. The van der Waals surface area contributed by atoms with Gasteiger partial charge in [0.25, 0.3) is 0 Å². The van der Waals surface area contributed by atoms with E-state index in [9.17, 15) is 4.79 Å². The lowest BCUT2D eigenvalue weighted by Crippen LogP contribution is -2.25. The minimum Gasteiger partial charge on any atom is -0.383 e. The standard InChI is InChI=1S/C24H28N6OS/c1-26-23-21(19-12-13-27-15-20(19)32-23)22(25)28-14-11-16-7-9-18(10-8-16)30-24(31)29-17-5-3-2-4-6-17/h2-10,26-27H,11-15H2,1H3,(H2,25,28)(H2,29,30,31). The summed E-state index contributed by atoms with van der Waals surface area (Å²) in [5.74, 6) is 0.601. The molecule has 3 aromatic rings. The van der Waals surface area contributed by atoms with Crippen LogP contribution in [-0.2, 0) is 19.4 Å². The summed E-state index contributed by atoms with van der Waals surface area (Å²) >= 11 is 1.75. The zero-order chi connectivity index (χ0) is 22.3. The largest absolute Gasteiger partial charge is 0.383 e. The molecule has 0 atom stereocenters. The van der Waals surface area contributed by atoms with Crippen LogP contribution in [0.1, 0.15) is 21.6 Å². The molecule has 2 aromatic carbocycles. The quantitative estimate of drug-likeness (QED) is 0.278. The van der Waals surface area contributed by atoms with E-state index in [1.807, 2.05) is 61.6 Å². The molecule has 0 fully saturated rings. The van der Waals surface area contributed by atoms with E-state index in [-0.39, 0.29) is 6.03 Å². The summed E-state index contributed by atoms with van der Waals surface area (Å²) in [6.45, 7) is 2.47. The van der Waals surface area contributed by atoms with Crippen molar-refractivity contribution >= 4 is 39.6 Å². The highest BCUT2D eigenvalue weighted by atomic mass is 32.1. The van der Waals surface area contributed by atoms with Crippen LogP contribution in [0.25, 0.3) is 0 Å². The number of benzene rings is 2. The van der Waals surface area contributed by atoms with Crippen LogP contribution in [0.2, 0.25) is 0 Å². The Hall–Kier alpha value is -3.36. The molecule has 1 aliphatic heterocycles. The van der Waals surface area contributed by atoms with Gasteiger partial charge in [-0.2, -0.15) is 0 Å². The second-order valence-electron chi connectivity index (χ2n) is 7.54. The van der Waals surface area contributed by atoms with E-state index in [1.54, 1.807) is 11.3 Å². The van der Waals surface area contributed by atoms with Crippen molar-refractivity contribution < 1.29 is 4.79 Å². The normalized spacial score (nSPS) is 13.3. The molecule has 0 bridgehead atoms. The average molecular weight is 449 g/mol. The second kappa shape index (κ2) is 10.3. The minimum absolute atomic E-state index is 0.268. The Morgan fingerprint density at radius 2 is 1.81 bits per heavy atom. The first-order valence-corrected chi connectivity index (χ1v) is 11.5. The third-order valence-corrected chi connectivity index (χ3v) is 6.59. The molecular weight excluding hydrogens is 420 g/mol. The number of aliphatic imine (C=N–C) groups is 1. The number of carbonyl (C=O) groups is 1. The lowest BCUT2D eigenvalue weighted by Gasteiger charge is -2.14. The number of nitrogens with zero attached hydrogens (tertiary/aromatic N) is 1. The van der Waals surface area contributed by atoms with Gasteiger partial charge in [0, 0.05) is 36.4 Å². The fourth-order valence-corrected chi connectivity index (χ4v) is 4.92. The molecule has 0 aliphatic carbocycles. The number of nitrogens with one attached hydrogen (secondary N) is 4. The molecule has 0 unspecified atom stereocenters. The molecule has 2 heterocycles. The number of amidine groups is 1. The molecule has 0 saturated carbocycles. The number of carbonyl (C=O) groups excluding carboxylic acids is 1. The smallest absolute Gasteiger partial charge is 0.323 e. The Bertz CT molecular complexity index is 1090. The lowest BCUT2D eigenvalue weighted by molar-refractivity contribution is 0.262. The van der Waals surface area contributed by atoms with Crippen LogP contribution in [-0.4, -0.2) is 32.0 Å². The van der Waals surface area contributed by atoms with Crippen LogP contribution in [0.5, 0.6) is 0 Å². The number of thiophene rings is 1. The van der Waals surface area contributed by atoms with Gasteiger partial charge in [0.1, 0.15) is 5.84 Å². The van der Waals surface area contributed by atoms with E-state index in [1.165, 1.54) is 10.4 Å². The van der Waals surface area contributed by atoms with E-state index in [0.717, 1.165) is 53.4 Å². The van der Waals surface area contributed by atoms with Gasteiger partial charge >= 0.3 is 6.03 Å². The first kappa shape index (κ1) is 21.9. The Labute approximate surface area is 192 Å². The summed E-state index contributed by atoms with van der Waals surface area (Å²) in [4.78, 5) is 18.1. The van der Waals surface area contributed by atoms with Crippen LogP contribution >= 0.6 is 11.3 Å². The molecule has 0 radical (unpaired) electrons. The lowest BCUT2D eigenvalue weighted by atomic mass is 10.0. The number of amides is 2. The topological polar surface area (TPSA) is 104 Å². The molecule has 2 amide bonds. The summed E-state index contributed by atoms with van der Waals surface area (Å²) in [5.41, 5.74) is 11.4. The summed E-state index contributed by atoms with van der Waals surface area (Å²) < 4.78 is 0. The number of para-hydroxylation sites is 1. The van der Waals surface area contributed by atoms with Gasteiger partial charge in [0.2, 0.25) is 0 Å². The molecule has 7 nitrogen and oxygen atoms in total. The number of hydrogen-bond donors (Lipinski definition) is 5. The zero-order valence-electron chi connectivity index (χ0n) is 18.1. The van der Waals surface area contributed by atoms with E-state index in [2.05, 4.69) is 26.3 Å². The van der Waals surface area contributed by atoms with Crippen molar-refractivity contribution in [1.29, 1.82) is 0 Å². The van der Waals surface area contributed by atoms with Gasteiger partial charge in [0.15, 0.2) is 0 Å². The summed E-state index contributed by atoms with van der Waals surface area (Å²) in [6, 6.07) is 16.9.